The van der Waals surface area contributed by atoms with E-state index in [4.69, 9.17) is 9.47 Å². The highest BCUT2D eigenvalue weighted by Crippen LogP contribution is 2.39. The summed E-state index contributed by atoms with van der Waals surface area (Å²) in [4.78, 5) is 65.3. The number of fused-ring (bicyclic) bond motifs is 3. The minimum atomic E-state index is -1.39. The highest BCUT2D eigenvalue weighted by molar-refractivity contribution is 6.04. The maximum atomic E-state index is 13.7. The monoisotopic (exact) mass is 670 g/mol. The van der Waals surface area contributed by atoms with E-state index >= 15 is 0 Å². The molecule has 3 aromatic rings. The molecule has 0 spiro atoms. The number of urea groups is 1. The summed E-state index contributed by atoms with van der Waals surface area (Å²) >= 11 is 0. The van der Waals surface area contributed by atoms with Crippen LogP contribution in [0.15, 0.2) is 66.7 Å². The number of ether oxygens (including phenoxy) is 2. The molecule has 4 rings (SSSR count). The third-order valence-electron chi connectivity index (χ3n) is 8.40. The Labute approximate surface area is 287 Å². The molecule has 0 aliphatic heterocycles. The first-order chi connectivity index (χ1) is 23.2. The first-order valence-electron chi connectivity index (χ1n) is 16.6. The molecule has 10 nitrogen and oxygen atoms in total. The maximum Gasteiger partial charge on any atom is 0.337 e. The van der Waals surface area contributed by atoms with Crippen LogP contribution in [0.25, 0.3) is 11.1 Å². The molecular formula is C39H46N2O8. The van der Waals surface area contributed by atoms with Crippen molar-refractivity contribution < 1.29 is 38.6 Å². The number of carboxylic acid groups (broad SMARTS) is 1. The van der Waals surface area contributed by atoms with Crippen molar-refractivity contribution in [2.75, 3.05) is 12.4 Å². The van der Waals surface area contributed by atoms with Crippen molar-refractivity contribution in [3.63, 3.8) is 0 Å². The summed E-state index contributed by atoms with van der Waals surface area (Å²) in [6.45, 7) is 9.08. The zero-order valence-corrected chi connectivity index (χ0v) is 29.1. The Morgan fingerprint density at radius 2 is 1.59 bits per heavy atom. The van der Waals surface area contributed by atoms with Gasteiger partial charge in [0.1, 0.15) is 11.6 Å². The van der Waals surface area contributed by atoms with Crippen LogP contribution in [0.4, 0.5) is 10.5 Å². The van der Waals surface area contributed by atoms with E-state index in [2.05, 4.69) is 29.6 Å². The van der Waals surface area contributed by atoms with E-state index < -0.39 is 35.5 Å². The fraction of sp³-hybridized carbons (Fsp3) is 0.410. The van der Waals surface area contributed by atoms with Crippen LogP contribution >= 0.6 is 0 Å². The highest BCUT2D eigenvalue weighted by Gasteiger charge is 2.35. The molecule has 0 heterocycles. The van der Waals surface area contributed by atoms with E-state index in [-0.39, 0.29) is 48.3 Å². The number of nitrogens with zero attached hydrogens (tertiary/aromatic N) is 1. The van der Waals surface area contributed by atoms with Crippen LogP contribution in [-0.4, -0.2) is 58.6 Å². The summed E-state index contributed by atoms with van der Waals surface area (Å²) < 4.78 is 10.4. The lowest BCUT2D eigenvalue weighted by Crippen LogP contribution is -2.51. The Morgan fingerprint density at radius 3 is 2.22 bits per heavy atom. The van der Waals surface area contributed by atoms with Gasteiger partial charge in [-0.2, -0.15) is 0 Å². The van der Waals surface area contributed by atoms with E-state index in [0.717, 1.165) is 22.4 Å². The van der Waals surface area contributed by atoms with E-state index in [9.17, 15) is 29.1 Å². The normalized spacial score (nSPS) is 13.1. The average molecular weight is 671 g/mol. The van der Waals surface area contributed by atoms with E-state index in [1.54, 1.807) is 0 Å². The summed E-state index contributed by atoms with van der Waals surface area (Å²) in [5.74, 6) is -3.22. The molecule has 1 unspecified atom stereocenters. The predicted octanol–water partition coefficient (Wildman–Crippen LogP) is 7.59. The van der Waals surface area contributed by atoms with Gasteiger partial charge in [0.25, 0.3) is 0 Å². The second kappa shape index (κ2) is 15.9. The molecule has 0 saturated heterocycles. The number of benzene rings is 3. The molecule has 49 heavy (non-hydrogen) atoms. The first-order valence-corrected chi connectivity index (χ1v) is 16.6. The maximum absolute atomic E-state index is 13.7. The second-order valence-corrected chi connectivity index (χ2v) is 13.9. The minimum absolute atomic E-state index is 0.0640. The van der Waals surface area contributed by atoms with E-state index in [1.807, 2.05) is 52.8 Å². The Morgan fingerprint density at radius 1 is 0.918 bits per heavy atom. The molecule has 260 valence electrons. The van der Waals surface area contributed by atoms with Crippen LogP contribution in [0.2, 0.25) is 0 Å². The first kappa shape index (κ1) is 36.8. The van der Waals surface area contributed by atoms with Crippen molar-refractivity contribution >= 4 is 35.5 Å². The summed E-state index contributed by atoms with van der Waals surface area (Å²) in [5, 5.41) is 12.7. The van der Waals surface area contributed by atoms with Gasteiger partial charge in [0.2, 0.25) is 5.91 Å². The van der Waals surface area contributed by atoms with Gasteiger partial charge < -0.3 is 19.9 Å². The molecule has 0 fully saturated rings. The molecule has 3 aromatic carbocycles. The lowest BCUT2D eigenvalue weighted by atomic mass is 9.88. The van der Waals surface area contributed by atoms with Crippen molar-refractivity contribution in [3.05, 3.63) is 89.0 Å². The number of carboxylic acids is 1. The second-order valence-electron chi connectivity index (χ2n) is 13.9. The fourth-order valence-corrected chi connectivity index (χ4v) is 6.19. The van der Waals surface area contributed by atoms with E-state index in [0.29, 0.717) is 12.8 Å². The number of nitrogens with one attached hydrogen (secondary N) is 1. The Kier molecular flexibility index (Phi) is 12.0. The smallest absolute Gasteiger partial charge is 0.337 e. The van der Waals surface area contributed by atoms with Crippen LogP contribution in [0.1, 0.15) is 99.7 Å². The summed E-state index contributed by atoms with van der Waals surface area (Å²) in [7, 11) is 1.26. The fourth-order valence-electron chi connectivity index (χ4n) is 6.19. The summed E-state index contributed by atoms with van der Waals surface area (Å²) in [5.41, 5.74) is 5.62. The van der Waals surface area contributed by atoms with Crippen LogP contribution < -0.4 is 5.32 Å². The molecular weight excluding hydrogens is 624 g/mol. The number of imide groups is 1. The molecule has 2 N–H and O–H groups in total. The Balaban J connectivity index is 1.53. The van der Waals surface area contributed by atoms with Gasteiger partial charge in [-0.3, -0.25) is 9.59 Å². The van der Waals surface area contributed by atoms with Crippen LogP contribution in [-0.2, 0) is 30.3 Å². The number of anilines is 1. The number of esters is 2. The number of hydrogen-bond donors (Lipinski definition) is 2. The number of hydrogen-bond acceptors (Lipinski definition) is 7. The Hall–Kier alpha value is -4.99. The topological polar surface area (TPSA) is 139 Å². The van der Waals surface area contributed by atoms with Crippen molar-refractivity contribution in [3.8, 4) is 11.1 Å². The summed E-state index contributed by atoms with van der Waals surface area (Å²) in [6.07, 6.45) is 1.58. The average Bonchev–Trinajstić information content (AvgIpc) is 3.40. The standard InChI is InChI=1S/C39H46N2O8/c1-24(2)20-33(36(44)45)41(38(47)40-30-17-14-25(15-18-30)37(46)48-6)34(42)13-9-11-26(23-35(43)49-39(3,4)5)27-16-19-32-29(21-27)22-28-10-7-8-12-31(28)32/h7-8,10,12,14-19,21,24,26,33H,9,11,13,20,22-23H2,1-6H3,(H,40,47)(H,44,45)/t26?,33-/m0/s1. The van der Waals surface area contributed by atoms with Crippen molar-refractivity contribution in [1.29, 1.82) is 0 Å². The number of methoxy groups -OCH3 is 1. The predicted molar refractivity (Wildman–Crippen MR) is 186 cm³/mol. The zero-order valence-electron chi connectivity index (χ0n) is 29.1. The van der Waals surface area contributed by atoms with Crippen molar-refractivity contribution in [2.24, 2.45) is 5.92 Å². The highest BCUT2D eigenvalue weighted by atomic mass is 16.6. The largest absolute Gasteiger partial charge is 0.480 e. The molecule has 0 bridgehead atoms. The lowest BCUT2D eigenvalue weighted by Gasteiger charge is -2.29. The van der Waals surface area contributed by atoms with Gasteiger partial charge in [-0.15, -0.1) is 0 Å². The van der Waals surface area contributed by atoms with Crippen molar-refractivity contribution in [1.82, 2.24) is 4.90 Å². The molecule has 0 saturated carbocycles. The van der Waals surface area contributed by atoms with Crippen molar-refractivity contribution in [2.45, 2.75) is 90.7 Å². The minimum Gasteiger partial charge on any atom is -0.480 e. The SMILES string of the molecule is COC(=O)c1ccc(NC(=O)N(C(=O)CCCC(CC(=O)OC(C)(C)C)c2ccc3c(c2)Cc2ccccc2-3)[C@@H](CC(C)C)C(=O)O)cc1. The zero-order chi connectivity index (χ0) is 35.9. The van der Waals surface area contributed by atoms with Gasteiger partial charge >= 0.3 is 23.9 Å². The molecule has 3 amide bonds. The summed E-state index contributed by atoms with van der Waals surface area (Å²) in [6, 6.07) is 18.1. The van der Waals surface area contributed by atoms with Gasteiger partial charge in [-0.25, -0.2) is 19.3 Å². The lowest BCUT2D eigenvalue weighted by molar-refractivity contribution is -0.155. The van der Waals surface area contributed by atoms with Gasteiger partial charge in [-0.05, 0) is 110 Å². The molecule has 1 aliphatic rings. The molecule has 1 aliphatic carbocycles. The number of rotatable bonds is 13. The van der Waals surface area contributed by atoms with Gasteiger partial charge in [0.05, 0.1) is 19.1 Å². The number of aliphatic carboxylic acids is 1. The molecule has 0 radical (unpaired) electrons. The number of carbonyl (C=O) groups excluding carboxylic acids is 4. The van der Waals surface area contributed by atoms with Gasteiger partial charge in [0, 0.05) is 12.1 Å². The molecule has 0 aromatic heterocycles. The van der Waals surface area contributed by atoms with E-state index in [1.165, 1.54) is 48.1 Å². The van der Waals surface area contributed by atoms with Gasteiger partial charge in [-0.1, -0.05) is 56.3 Å². The van der Waals surface area contributed by atoms with Crippen LogP contribution in [0.5, 0.6) is 0 Å². The number of amides is 3. The van der Waals surface area contributed by atoms with Crippen LogP contribution in [0, 0.1) is 5.92 Å². The molecule has 10 heteroatoms. The Bertz CT molecular complexity index is 1690. The molecule has 2 atom stereocenters. The van der Waals surface area contributed by atoms with Gasteiger partial charge in [0.15, 0.2) is 0 Å². The van der Waals surface area contributed by atoms with Crippen LogP contribution in [0.3, 0.4) is 0 Å². The third kappa shape index (κ3) is 9.78. The third-order valence-corrected chi connectivity index (χ3v) is 8.40. The quantitative estimate of drug-likeness (QED) is 0.139. The number of carbonyl (C=O) groups is 5.